The molecule has 0 aliphatic heterocycles. The number of fused-ring (bicyclic) bond motifs is 1. The molecule has 0 amide bonds. The zero-order chi connectivity index (χ0) is 16.9. The first-order valence-corrected chi connectivity index (χ1v) is 8.56. The lowest BCUT2D eigenvalue weighted by Gasteiger charge is -2.21. The van der Waals surface area contributed by atoms with E-state index in [0.29, 0.717) is 5.92 Å². The van der Waals surface area contributed by atoms with Gasteiger partial charge >= 0.3 is 0 Å². The fraction of sp³-hybridized carbons (Fsp3) is 0.444. The SMILES string of the molecule is CCCCC(Nc1cc(C(C)C)nn2cnnc12)c1cccnc1. The minimum Gasteiger partial charge on any atom is -0.375 e. The van der Waals surface area contributed by atoms with Crippen molar-refractivity contribution in [2.24, 2.45) is 0 Å². The monoisotopic (exact) mass is 324 g/mol. The van der Waals surface area contributed by atoms with E-state index < -0.39 is 0 Å². The molecule has 3 rings (SSSR count). The molecule has 3 aromatic rings. The van der Waals surface area contributed by atoms with Crippen LogP contribution in [-0.2, 0) is 0 Å². The van der Waals surface area contributed by atoms with E-state index in [1.54, 1.807) is 17.0 Å². The summed E-state index contributed by atoms with van der Waals surface area (Å²) in [4.78, 5) is 4.27. The standard InChI is InChI=1S/C18H24N6/c1-4-5-8-15(14-7-6-9-19-11-14)21-17-10-16(13(2)3)23-24-12-20-22-18(17)24/h6-7,9-13,15,21H,4-5,8H2,1-3H3. The Bertz CT molecular complexity index is 781. The lowest BCUT2D eigenvalue weighted by Crippen LogP contribution is -2.13. The molecule has 0 radical (unpaired) electrons. The second-order valence-corrected chi connectivity index (χ2v) is 6.36. The van der Waals surface area contributed by atoms with E-state index in [1.165, 1.54) is 5.56 Å². The van der Waals surface area contributed by atoms with Crippen LogP contribution in [0.3, 0.4) is 0 Å². The molecule has 0 fully saturated rings. The highest BCUT2D eigenvalue weighted by molar-refractivity contribution is 5.67. The smallest absolute Gasteiger partial charge is 0.200 e. The zero-order valence-electron chi connectivity index (χ0n) is 14.5. The van der Waals surface area contributed by atoms with Gasteiger partial charge in [0.25, 0.3) is 0 Å². The van der Waals surface area contributed by atoms with Gasteiger partial charge in [-0.15, -0.1) is 10.2 Å². The Morgan fingerprint density at radius 2 is 2.17 bits per heavy atom. The average Bonchev–Trinajstić information content (AvgIpc) is 3.08. The van der Waals surface area contributed by atoms with Crippen molar-refractivity contribution in [2.75, 3.05) is 5.32 Å². The Hall–Kier alpha value is -2.50. The molecule has 0 spiro atoms. The molecule has 3 heterocycles. The third-order valence-electron chi connectivity index (χ3n) is 4.14. The van der Waals surface area contributed by atoms with Gasteiger partial charge in [0.15, 0.2) is 0 Å². The number of nitrogens with one attached hydrogen (secondary N) is 1. The van der Waals surface area contributed by atoms with Crippen molar-refractivity contribution in [2.45, 2.75) is 52.0 Å². The third kappa shape index (κ3) is 3.53. The molecule has 1 N–H and O–H groups in total. The summed E-state index contributed by atoms with van der Waals surface area (Å²) in [7, 11) is 0. The number of hydrogen-bond donors (Lipinski definition) is 1. The van der Waals surface area contributed by atoms with Crippen LogP contribution < -0.4 is 5.32 Å². The minimum atomic E-state index is 0.196. The molecule has 0 saturated heterocycles. The summed E-state index contributed by atoms with van der Waals surface area (Å²) in [5.74, 6) is 0.338. The molecule has 1 unspecified atom stereocenters. The fourth-order valence-corrected chi connectivity index (χ4v) is 2.73. The number of aromatic nitrogens is 5. The van der Waals surface area contributed by atoms with Crippen LogP contribution in [0.2, 0.25) is 0 Å². The van der Waals surface area contributed by atoms with E-state index in [4.69, 9.17) is 0 Å². The molecule has 1 atom stereocenters. The summed E-state index contributed by atoms with van der Waals surface area (Å²) in [6, 6.07) is 6.38. The maximum absolute atomic E-state index is 4.58. The molecule has 24 heavy (non-hydrogen) atoms. The summed E-state index contributed by atoms with van der Waals surface area (Å²) in [6.07, 6.45) is 8.74. The first-order valence-electron chi connectivity index (χ1n) is 8.56. The first kappa shape index (κ1) is 16.4. The fourth-order valence-electron chi connectivity index (χ4n) is 2.73. The molecule has 0 aliphatic carbocycles. The number of nitrogens with zero attached hydrogens (tertiary/aromatic N) is 5. The maximum Gasteiger partial charge on any atom is 0.200 e. The first-order chi connectivity index (χ1) is 11.7. The van der Waals surface area contributed by atoms with Gasteiger partial charge in [0.1, 0.15) is 6.33 Å². The lowest BCUT2D eigenvalue weighted by atomic mass is 10.0. The van der Waals surface area contributed by atoms with Crippen LogP contribution in [0.25, 0.3) is 5.65 Å². The van der Waals surface area contributed by atoms with Crippen LogP contribution >= 0.6 is 0 Å². The zero-order valence-corrected chi connectivity index (χ0v) is 14.5. The van der Waals surface area contributed by atoms with Crippen molar-refractivity contribution in [1.29, 1.82) is 0 Å². The summed E-state index contributed by atoms with van der Waals surface area (Å²) in [5.41, 5.74) is 3.93. The second-order valence-electron chi connectivity index (χ2n) is 6.36. The van der Waals surface area contributed by atoms with Crippen LogP contribution in [-0.4, -0.2) is 24.8 Å². The van der Waals surface area contributed by atoms with Gasteiger partial charge in [0, 0.05) is 12.4 Å². The van der Waals surface area contributed by atoms with E-state index in [0.717, 1.165) is 36.3 Å². The van der Waals surface area contributed by atoms with Gasteiger partial charge < -0.3 is 5.32 Å². The Morgan fingerprint density at radius 1 is 1.29 bits per heavy atom. The van der Waals surface area contributed by atoms with Crippen LogP contribution in [0, 0.1) is 0 Å². The van der Waals surface area contributed by atoms with Crippen LogP contribution in [0.5, 0.6) is 0 Å². The molecular formula is C18H24N6. The third-order valence-corrected chi connectivity index (χ3v) is 4.14. The van der Waals surface area contributed by atoms with Crippen molar-refractivity contribution in [3.05, 3.63) is 48.2 Å². The van der Waals surface area contributed by atoms with Gasteiger partial charge in [-0.3, -0.25) is 4.98 Å². The Morgan fingerprint density at radius 3 is 2.88 bits per heavy atom. The lowest BCUT2D eigenvalue weighted by molar-refractivity contribution is 0.632. The summed E-state index contributed by atoms with van der Waals surface area (Å²) in [5, 5.41) is 16.4. The summed E-state index contributed by atoms with van der Waals surface area (Å²) in [6.45, 7) is 6.48. The highest BCUT2D eigenvalue weighted by Crippen LogP contribution is 2.27. The molecule has 6 nitrogen and oxygen atoms in total. The van der Waals surface area contributed by atoms with Crippen molar-refractivity contribution < 1.29 is 0 Å². The van der Waals surface area contributed by atoms with E-state index in [9.17, 15) is 0 Å². The Labute approximate surface area is 142 Å². The molecule has 0 bridgehead atoms. The van der Waals surface area contributed by atoms with Gasteiger partial charge in [-0.05, 0) is 30.0 Å². The molecular weight excluding hydrogens is 300 g/mol. The molecule has 0 aliphatic rings. The minimum absolute atomic E-state index is 0.196. The highest BCUT2D eigenvalue weighted by Gasteiger charge is 2.16. The maximum atomic E-state index is 4.58. The van der Waals surface area contributed by atoms with Crippen molar-refractivity contribution in [3.63, 3.8) is 0 Å². The van der Waals surface area contributed by atoms with Crippen molar-refractivity contribution >= 4 is 11.3 Å². The molecule has 0 saturated carbocycles. The predicted octanol–water partition coefficient (Wildman–Crippen LogP) is 3.99. The quantitative estimate of drug-likeness (QED) is 0.712. The molecule has 3 aromatic heterocycles. The Kier molecular flexibility index (Phi) is 5.03. The number of anilines is 1. The van der Waals surface area contributed by atoms with Crippen LogP contribution in [0.15, 0.2) is 36.9 Å². The number of hydrogen-bond acceptors (Lipinski definition) is 5. The van der Waals surface area contributed by atoms with Gasteiger partial charge in [0.2, 0.25) is 5.65 Å². The predicted molar refractivity (Wildman–Crippen MR) is 95.0 cm³/mol. The number of pyridine rings is 1. The van der Waals surface area contributed by atoms with Crippen molar-refractivity contribution in [1.82, 2.24) is 24.8 Å². The van der Waals surface area contributed by atoms with E-state index >= 15 is 0 Å². The molecule has 6 heteroatoms. The summed E-state index contributed by atoms with van der Waals surface area (Å²) < 4.78 is 1.75. The topological polar surface area (TPSA) is 68.0 Å². The van der Waals surface area contributed by atoms with Gasteiger partial charge in [-0.25, -0.2) is 0 Å². The number of rotatable bonds is 7. The normalized spacial score (nSPS) is 12.7. The average molecular weight is 324 g/mol. The number of unbranched alkanes of at least 4 members (excludes halogenated alkanes) is 1. The van der Waals surface area contributed by atoms with E-state index in [-0.39, 0.29) is 6.04 Å². The largest absolute Gasteiger partial charge is 0.375 e. The van der Waals surface area contributed by atoms with Crippen LogP contribution in [0.4, 0.5) is 5.69 Å². The molecule has 126 valence electrons. The molecule has 0 aromatic carbocycles. The Balaban J connectivity index is 1.97. The van der Waals surface area contributed by atoms with Gasteiger partial charge in [-0.2, -0.15) is 9.61 Å². The van der Waals surface area contributed by atoms with E-state index in [2.05, 4.69) is 58.5 Å². The van der Waals surface area contributed by atoms with Gasteiger partial charge in [-0.1, -0.05) is 39.7 Å². The van der Waals surface area contributed by atoms with Gasteiger partial charge in [0.05, 0.1) is 17.4 Å². The summed E-state index contributed by atoms with van der Waals surface area (Å²) >= 11 is 0. The van der Waals surface area contributed by atoms with E-state index in [1.807, 2.05) is 12.3 Å². The highest BCUT2D eigenvalue weighted by atomic mass is 15.3. The second kappa shape index (κ2) is 7.38. The van der Waals surface area contributed by atoms with Crippen LogP contribution in [0.1, 0.15) is 63.3 Å². The van der Waals surface area contributed by atoms with Crippen molar-refractivity contribution in [3.8, 4) is 0 Å².